The summed E-state index contributed by atoms with van der Waals surface area (Å²) in [5, 5.41) is 22.4. The van der Waals surface area contributed by atoms with Crippen LogP contribution < -0.4 is 4.90 Å². The van der Waals surface area contributed by atoms with Crippen LogP contribution in [0.2, 0.25) is 0 Å². The molecule has 154 valence electrons. The molecule has 2 aromatic carbocycles. The number of rotatable bonds is 6. The van der Waals surface area contributed by atoms with E-state index >= 15 is 0 Å². The third kappa shape index (κ3) is 4.57. The molecule has 10 nitrogen and oxygen atoms in total. The van der Waals surface area contributed by atoms with Gasteiger partial charge in [0.05, 0.1) is 26.4 Å². The normalized spacial score (nSPS) is 11.3. The maximum Gasteiger partial charge on any atom is 0.279 e. The third-order valence-electron chi connectivity index (χ3n) is 4.28. The molecule has 0 aliphatic heterocycles. The Kier molecular flexibility index (Phi) is 6.02. The van der Waals surface area contributed by atoms with Gasteiger partial charge in [-0.15, -0.1) is 0 Å². The van der Waals surface area contributed by atoms with Gasteiger partial charge in [-0.2, -0.15) is 0 Å². The number of nitrogens with zero attached hydrogens (tertiary/aromatic N) is 3. The van der Waals surface area contributed by atoms with Gasteiger partial charge in [0.1, 0.15) is 0 Å². The van der Waals surface area contributed by atoms with Gasteiger partial charge in [0, 0.05) is 29.6 Å². The number of hydrogen-bond donors (Lipinski definition) is 0. The Hall–Kier alpha value is -3.34. The summed E-state index contributed by atoms with van der Waals surface area (Å²) in [6.07, 6.45) is 1.05. The Balaban J connectivity index is 2.62. The number of hydrogen-bond acceptors (Lipinski definition) is 7. The van der Waals surface area contributed by atoms with Gasteiger partial charge < -0.3 is 4.90 Å². The van der Waals surface area contributed by atoms with Crippen molar-refractivity contribution in [3.63, 3.8) is 0 Å². The van der Waals surface area contributed by atoms with Crippen molar-refractivity contribution in [1.29, 1.82) is 0 Å². The van der Waals surface area contributed by atoms with Crippen molar-refractivity contribution >= 4 is 32.8 Å². The van der Waals surface area contributed by atoms with E-state index in [4.69, 9.17) is 0 Å². The fourth-order valence-electron chi connectivity index (χ4n) is 2.83. The summed E-state index contributed by atoms with van der Waals surface area (Å²) in [7, 11) is -3.43. The largest absolute Gasteiger partial charge is 0.306 e. The number of benzene rings is 2. The molecule has 0 fully saturated rings. The lowest BCUT2D eigenvalue weighted by atomic mass is 10.0. The predicted molar refractivity (Wildman–Crippen MR) is 106 cm³/mol. The van der Waals surface area contributed by atoms with Crippen molar-refractivity contribution in [2.24, 2.45) is 0 Å². The zero-order valence-corrected chi connectivity index (χ0v) is 17.0. The molecule has 11 heteroatoms. The summed E-state index contributed by atoms with van der Waals surface area (Å²) in [4.78, 5) is 35.4. The van der Waals surface area contributed by atoms with E-state index in [2.05, 4.69) is 0 Å². The quantitative estimate of drug-likeness (QED) is 0.515. The molecule has 0 unspecified atom stereocenters. The summed E-state index contributed by atoms with van der Waals surface area (Å²) >= 11 is 0. The smallest absolute Gasteiger partial charge is 0.279 e. The maximum atomic E-state index is 13.2. The van der Waals surface area contributed by atoms with Crippen molar-refractivity contribution in [1.82, 2.24) is 0 Å². The highest BCUT2D eigenvalue weighted by Crippen LogP contribution is 2.31. The van der Waals surface area contributed by atoms with E-state index in [0.29, 0.717) is 5.69 Å². The molecule has 0 aliphatic rings. The van der Waals surface area contributed by atoms with Gasteiger partial charge in [-0.1, -0.05) is 0 Å². The first-order valence-corrected chi connectivity index (χ1v) is 10.3. The molecule has 0 spiro atoms. The van der Waals surface area contributed by atoms with E-state index in [1.54, 1.807) is 13.8 Å². The number of amides is 1. The first-order chi connectivity index (χ1) is 13.3. The minimum atomic E-state index is -3.43. The van der Waals surface area contributed by atoms with Crippen LogP contribution in [0.4, 0.5) is 17.1 Å². The lowest BCUT2D eigenvalue weighted by molar-refractivity contribution is -0.394. The minimum absolute atomic E-state index is 0.00371. The number of non-ortho nitro benzene ring substituents is 1. The highest BCUT2D eigenvalue weighted by atomic mass is 32.2. The standard InChI is InChI=1S/C18H19N3O7S/c1-11(2)19(13-5-7-15(8-6-13)29(4,27)28)18(22)16-9-14(20(23)24)10-17(12(16)3)21(25)26/h5-11H,1-4H3. The summed E-state index contributed by atoms with van der Waals surface area (Å²) in [5.74, 6) is -0.670. The number of anilines is 1. The lowest BCUT2D eigenvalue weighted by Crippen LogP contribution is -2.37. The highest BCUT2D eigenvalue weighted by Gasteiger charge is 2.29. The molecule has 0 bridgehead atoms. The third-order valence-corrected chi connectivity index (χ3v) is 5.41. The second-order valence-corrected chi connectivity index (χ2v) is 8.70. The number of nitro benzene ring substituents is 2. The molecule has 29 heavy (non-hydrogen) atoms. The molecular weight excluding hydrogens is 402 g/mol. The summed E-state index contributed by atoms with van der Waals surface area (Å²) in [6, 6.07) is 6.97. The van der Waals surface area contributed by atoms with E-state index in [-0.39, 0.29) is 16.0 Å². The van der Waals surface area contributed by atoms with Crippen LogP contribution in [-0.4, -0.2) is 36.5 Å². The maximum absolute atomic E-state index is 13.2. The van der Waals surface area contributed by atoms with Crippen LogP contribution in [0.5, 0.6) is 0 Å². The molecule has 1 amide bonds. The van der Waals surface area contributed by atoms with Gasteiger partial charge in [-0.3, -0.25) is 25.0 Å². The Morgan fingerprint density at radius 2 is 1.59 bits per heavy atom. The van der Waals surface area contributed by atoms with Gasteiger partial charge in [-0.25, -0.2) is 8.42 Å². The molecule has 0 heterocycles. The zero-order chi connectivity index (χ0) is 22.1. The molecule has 0 N–H and O–H groups in total. The minimum Gasteiger partial charge on any atom is -0.306 e. The van der Waals surface area contributed by atoms with Crippen LogP contribution in [0.15, 0.2) is 41.3 Å². The zero-order valence-electron chi connectivity index (χ0n) is 16.1. The number of carbonyl (C=O) groups excluding carboxylic acids is 1. The van der Waals surface area contributed by atoms with Crippen molar-refractivity contribution in [2.75, 3.05) is 11.2 Å². The second-order valence-electron chi connectivity index (χ2n) is 6.69. The van der Waals surface area contributed by atoms with Gasteiger partial charge in [0.25, 0.3) is 17.3 Å². The highest BCUT2D eigenvalue weighted by molar-refractivity contribution is 7.90. The molecule has 2 aromatic rings. The average molecular weight is 421 g/mol. The van der Waals surface area contributed by atoms with E-state index in [1.807, 2.05) is 0 Å². The summed E-state index contributed by atoms with van der Waals surface area (Å²) in [5.41, 5.74) is -0.915. The second kappa shape index (κ2) is 7.95. The molecule has 2 rings (SSSR count). The summed E-state index contributed by atoms with van der Waals surface area (Å²) < 4.78 is 23.3. The Morgan fingerprint density at radius 3 is 2.00 bits per heavy atom. The topological polar surface area (TPSA) is 141 Å². The molecular formula is C18H19N3O7S. The molecule has 0 saturated carbocycles. The van der Waals surface area contributed by atoms with Crippen molar-refractivity contribution in [3.05, 3.63) is 67.8 Å². The van der Waals surface area contributed by atoms with Crippen LogP contribution in [0.1, 0.15) is 29.8 Å². The van der Waals surface area contributed by atoms with Crippen LogP contribution in [0.25, 0.3) is 0 Å². The number of nitro groups is 2. The van der Waals surface area contributed by atoms with Crippen molar-refractivity contribution in [2.45, 2.75) is 31.7 Å². The molecule has 0 saturated heterocycles. The van der Waals surface area contributed by atoms with E-state index in [1.165, 1.54) is 36.1 Å². The average Bonchev–Trinajstić information content (AvgIpc) is 2.60. The van der Waals surface area contributed by atoms with Gasteiger partial charge in [0.2, 0.25) is 0 Å². The van der Waals surface area contributed by atoms with E-state index < -0.39 is 43.0 Å². The van der Waals surface area contributed by atoms with Gasteiger partial charge in [0.15, 0.2) is 9.84 Å². The SMILES string of the molecule is Cc1c(C(=O)N(c2ccc(S(C)(=O)=O)cc2)C(C)C)cc([N+](=O)[O-])cc1[N+](=O)[O-]. The monoisotopic (exact) mass is 421 g/mol. The first kappa shape index (κ1) is 22.0. The van der Waals surface area contributed by atoms with Crippen molar-refractivity contribution in [3.8, 4) is 0 Å². The van der Waals surface area contributed by atoms with Crippen LogP contribution >= 0.6 is 0 Å². The van der Waals surface area contributed by atoms with Crippen molar-refractivity contribution < 1.29 is 23.1 Å². The predicted octanol–water partition coefficient (Wildman–Crippen LogP) is 3.27. The molecule has 0 radical (unpaired) electrons. The van der Waals surface area contributed by atoms with Crippen LogP contribution in [0, 0.1) is 27.2 Å². The van der Waals surface area contributed by atoms with Gasteiger partial charge in [-0.05, 0) is 45.0 Å². The Morgan fingerprint density at radius 1 is 1.03 bits per heavy atom. The fourth-order valence-corrected chi connectivity index (χ4v) is 3.47. The van der Waals surface area contributed by atoms with Crippen LogP contribution in [0.3, 0.4) is 0 Å². The fraction of sp³-hybridized carbons (Fsp3) is 0.278. The Labute approximate surface area is 167 Å². The number of sulfone groups is 1. The van der Waals surface area contributed by atoms with E-state index in [9.17, 15) is 33.4 Å². The lowest BCUT2D eigenvalue weighted by Gasteiger charge is -2.27. The molecule has 0 aromatic heterocycles. The Bertz CT molecular complexity index is 1090. The van der Waals surface area contributed by atoms with E-state index in [0.717, 1.165) is 18.4 Å². The summed E-state index contributed by atoms with van der Waals surface area (Å²) in [6.45, 7) is 4.74. The first-order valence-electron chi connectivity index (χ1n) is 8.41. The number of carbonyl (C=O) groups is 1. The molecule has 0 aliphatic carbocycles. The molecule has 0 atom stereocenters. The van der Waals surface area contributed by atoms with Crippen LogP contribution in [-0.2, 0) is 9.84 Å². The van der Waals surface area contributed by atoms with Gasteiger partial charge >= 0.3 is 0 Å².